The zero-order valence-corrected chi connectivity index (χ0v) is 19.1. The first-order chi connectivity index (χ1) is 15.0. The second-order valence-corrected chi connectivity index (χ2v) is 8.20. The molecule has 0 N–H and O–H groups in total. The number of thioether (sulfide) groups is 1. The number of aryl methyl sites for hydroxylation is 1. The highest BCUT2D eigenvalue weighted by molar-refractivity contribution is 7.99. The van der Waals surface area contributed by atoms with E-state index in [-0.39, 0.29) is 29.5 Å². The number of imidazole rings is 1. The number of amides is 1. The van der Waals surface area contributed by atoms with E-state index in [9.17, 15) is 14.4 Å². The number of carbonyl (C=O) groups is 3. The molecule has 1 aromatic carbocycles. The van der Waals surface area contributed by atoms with Gasteiger partial charge in [0.25, 0.3) is 0 Å². The molecular formula is C22H29N3O5S. The minimum Gasteiger partial charge on any atom is -0.466 e. The number of fused-ring (bicyclic) bond motifs is 1. The van der Waals surface area contributed by atoms with Crippen LogP contribution in [0.25, 0.3) is 11.0 Å². The highest BCUT2D eigenvalue weighted by Gasteiger charge is 2.28. The smallest absolute Gasteiger partial charge is 0.338 e. The number of ether oxygens (including phenoxy) is 2. The van der Waals surface area contributed by atoms with E-state index in [0.717, 1.165) is 10.7 Å². The summed E-state index contributed by atoms with van der Waals surface area (Å²) in [6.45, 7) is 8.13. The number of piperidine rings is 1. The van der Waals surface area contributed by atoms with Gasteiger partial charge in [-0.05, 0) is 51.8 Å². The molecule has 0 atom stereocenters. The predicted octanol–water partition coefficient (Wildman–Crippen LogP) is 3.13. The molecule has 1 aliphatic rings. The number of esters is 2. The van der Waals surface area contributed by atoms with Crippen molar-refractivity contribution in [1.82, 2.24) is 14.5 Å². The molecule has 0 radical (unpaired) electrons. The summed E-state index contributed by atoms with van der Waals surface area (Å²) in [5, 5.41) is 0.744. The molecule has 0 unspecified atom stereocenters. The Bertz CT molecular complexity index is 950. The molecule has 8 nitrogen and oxygen atoms in total. The summed E-state index contributed by atoms with van der Waals surface area (Å²) in [4.78, 5) is 43.0. The molecule has 0 spiro atoms. The maximum atomic E-state index is 12.7. The quantitative estimate of drug-likeness (QED) is 0.454. The summed E-state index contributed by atoms with van der Waals surface area (Å²) >= 11 is 1.39. The molecular weight excluding hydrogens is 418 g/mol. The number of nitrogens with zero attached hydrogens (tertiary/aromatic N) is 3. The fraction of sp³-hybridized carbons (Fsp3) is 0.545. The Kier molecular flexibility index (Phi) is 7.95. The summed E-state index contributed by atoms with van der Waals surface area (Å²) < 4.78 is 12.2. The van der Waals surface area contributed by atoms with Crippen molar-refractivity contribution >= 4 is 40.6 Å². The van der Waals surface area contributed by atoms with E-state index in [1.165, 1.54) is 11.8 Å². The summed E-state index contributed by atoms with van der Waals surface area (Å²) in [6.07, 6.45) is 1.28. The first-order valence-corrected chi connectivity index (χ1v) is 11.7. The molecule has 3 rings (SSSR count). The summed E-state index contributed by atoms with van der Waals surface area (Å²) in [6, 6.07) is 5.33. The molecule has 1 aromatic heterocycles. The Morgan fingerprint density at radius 1 is 1.10 bits per heavy atom. The van der Waals surface area contributed by atoms with Gasteiger partial charge in [0.05, 0.1) is 41.5 Å². The first kappa shape index (κ1) is 23.1. The molecule has 31 heavy (non-hydrogen) atoms. The second-order valence-electron chi connectivity index (χ2n) is 7.26. The lowest BCUT2D eigenvalue weighted by Gasteiger charge is -2.30. The van der Waals surface area contributed by atoms with Crippen LogP contribution in [0.15, 0.2) is 23.4 Å². The molecule has 0 bridgehead atoms. The van der Waals surface area contributed by atoms with Gasteiger partial charge in [-0.2, -0.15) is 0 Å². The number of hydrogen-bond acceptors (Lipinski definition) is 7. The van der Waals surface area contributed by atoms with Crippen LogP contribution in [0.5, 0.6) is 0 Å². The average molecular weight is 448 g/mol. The minimum atomic E-state index is -0.369. The standard InChI is InChI=1S/C22H29N3O5S/c1-4-25-18-8-7-16(21(28)30-6-3)13-17(18)23-22(25)31-14-19(26)24-11-9-15(10-12-24)20(27)29-5-2/h7-8,13,15H,4-6,9-12,14H2,1-3H3. The Hall–Kier alpha value is -2.55. The molecule has 2 aromatic rings. The first-order valence-electron chi connectivity index (χ1n) is 10.7. The van der Waals surface area contributed by atoms with Crippen molar-refractivity contribution in [2.45, 2.75) is 45.3 Å². The van der Waals surface area contributed by atoms with Crippen LogP contribution in [0.4, 0.5) is 0 Å². The normalized spacial score (nSPS) is 14.6. The van der Waals surface area contributed by atoms with Crippen molar-refractivity contribution in [3.63, 3.8) is 0 Å². The van der Waals surface area contributed by atoms with E-state index in [1.54, 1.807) is 30.9 Å². The zero-order chi connectivity index (χ0) is 22.4. The molecule has 1 aliphatic heterocycles. The topological polar surface area (TPSA) is 90.7 Å². The van der Waals surface area contributed by atoms with E-state index < -0.39 is 0 Å². The van der Waals surface area contributed by atoms with E-state index in [4.69, 9.17) is 9.47 Å². The Morgan fingerprint density at radius 3 is 2.45 bits per heavy atom. The molecule has 2 heterocycles. The van der Waals surface area contributed by atoms with Crippen molar-refractivity contribution in [2.75, 3.05) is 32.1 Å². The monoisotopic (exact) mass is 447 g/mol. The van der Waals surface area contributed by atoms with Gasteiger partial charge in [-0.3, -0.25) is 9.59 Å². The maximum Gasteiger partial charge on any atom is 0.338 e. The zero-order valence-electron chi connectivity index (χ0n) is 18.3. The Balaban J connectivity index is 1.63. The predicted molar refractivity (Wildman–Crippen MR) is 118 cm³/mol. The fourth-order valence-electron chi connectivity index (χ4n) is 3.71. The number of hydrogen-bond donors (Lipinski definition) is 0. The molecule has 0 aliphatic carbocycles. The number of carbonyl (C=O) groups excluding carboxylic acids is 3. The molecule has 9 heteroatoms. The van der Waals surface area contributed by atoms with Crippen LogP contribution in [-0.2, 0) is 25.6 Å². The van der Waals surface area contributed by atoms with Gasteiger partial charge in [0.15, 0.2) is 5.16 Å². The van der Waals surface area contributed by atoms with Crippen molar-refractivity contribution in [1.29, 1.82) is 0 Å². The van der Waals surface area contributed by atoms with E-state index in [0.29, 0.717) is 56.8 Å². The van der Waals surface area contributed by atoms with Gasteiger partial charge in [-0.25, -0.2) is 9.78 Å². The van der Waals surface area contributed by atoms with Crippen molar-refractivity contribution in [2.24, 2.45) is 5.92 Å². The molecule has 1 saturated heterocycles. The third-order valence-electron chi connectivity index (χ3n) is 5.33. The van der Waals surface area contributed by atoms with Gasteiger partial charge in [0, 0.05) is 19.6 Å². The van der Waals surface area contributed by atoms with Crippen LogP contribution in [0, 0.1) is 5.92 Å². The van der Waals surface area contributed by atoms with Gasteiger partial charge in [-0.1, -0.05) is 11.8 Å². The minimum absolute atomic E-state index is 0.0363. The summed E-state index contributed by atoms with van der Waals surface area (Å²) in [5.41, 5.74) is 2.09. The highest BCUT2D eigenvalue weighted by Crippen LogP contribution is 2.26. The van der Waals surface area contributed by atoms with Gasteiger partial charge in [0.1, 0.15) is 0 Å². The SMILES string of the molecule is CCOC(=O)c1ccc2c(c1)nc(SCC(=O)N1CCC(C(=O)OCC)CC1)n2CC. The molecule has 168 valence electrons. The number of rotatable bonds is 8. The largest absolute Gasteiger partial charge is 0.466 e. The lowest BCUT2D eigenvalue weighted by atomic mass is 9.97. The third-order valence-corrected chi connectivity index (χ3v) is 6.29. The molecule has 0 saturated carbocycles. The van der Waals surface area contributed by atoms with E-state index >= 15 is 0 Å². The molecule has 1 amide bonds. The second kappa shape index (κ2) is 10.7. The molecule has 1 fully saturated rings. The van der Waals surface area contributed by atoms with Gasteiger partial charge >= 0.3 is 11.9 Å². The summed E-state index contributed by atoms with van der Waals surface area (Å²) in [7, 11) is 0. The number of likely N-dealkylation sites (tertiary alicyclic amines) is 1. The van der Waals surface area contributed by atoms with Gasteiger partial charge < -0.3 is 18.9 Å². The van der Waals surface area contributed by atoms with Crippen LogP contribution in [-0.4, -0.2) is 64.4 Å². The number of benzene rings is 1. The van der Waals surface area contributed by atoms with Crippen molar-refractivity contribution in [3.8, 4) is 0 Å². The van der Waals surface area contributed by atoms with Gasteiger partial charge in [0.2, 0.25) is 5.91 Å². The van der Waals surface area contributed by atoms with Crippen LogP contribution < -0.4 is 0 Å². The Labute approximate surface area is 186 Å². The highest BCUT2D eigenvalue weighted by atomic mass is 32.2. The van der Waals surface area contributed by atoms with E-state index in [2.05, 4.69) is 4.98 Å². The van der Waals surface area contributed by atoms with Crippen molar-refractivity contribution < 1.29 is 23.9 Å². The number of aromatic nitrogens is 2. The van der Waals surface area contributed by atoms with E-state index in [1.807, 2.05) is 17.6 Å². The van der Waals surface area contributed by atoms with Crippen LogP contribution >= 0.6 is 11.8 Å². The van der Waals surface area contributed by atoms with Crippen LogP contribution in [0.2, 0.25) is 0 Å². The maximum absolute atomic E-state index is 12.7. The summed E-state index contributed by atoms with van der Waals surface area (Å²) in [5.74, 6) is -0.337. The Morgan fingerprint density at radius 2 is 1.81 bits per heavy atom. The van der Waals surface area contributed by atoms with Crippen molar-refractivity contribution in [3.05, 3.63) is 23.8 Å². The lowest BCUT2D eigenvalue weighted by molar-refractivity contribution is -0.151. The lowest BCUT2D eigenvalue weighted by Crippen LogP contribution is -2.41. The average Bonchev–Trinajstić information content (AvgIpc) is 3.14. The fourth-order valence-corrected chi connectivity index (χ4v) is 4.69. The van der Waals surface area contributed by atoms with Gasteiger partial charge in [-0.15, -0.1) is 0 Å². The van der Waals surface area contributed by atoms with Crippen LogP contribution in [0.1, 0.15) is 44.0 Å². The van der Waals surface area contributed by atoms with Crippen LogP contribution in [0.3, 0.4) is 0 Å². The third kappa shape index (κ3) is 5.39.